The number of urea groups is 1. The Morgan fingerprint density at radius 3 is 3.06 bits per heavy atom. The number of carbonyl (C=O) groups excluding carboxylic acids is 1. The molecule has 2 rings (SSSR count). The number of hydrogen-bond acceptors (Lipinski definition) is 2. The van der Waals surface area contributed by atoms with Gasteiger partial charge in [0, 0.05) is 31.2 Å². The highest BCUT2D eigenvalue weighted by atomic mass is 16.2. The highest BCUT2D eigenvalue weighted by molar-refractivity contribution is 5.74. The molecule has 5 nitrogen and oxygen atoms in total. The van der Waals surface area contributed by atoms with Crippen molar-refractivity contribution in [1.82, 2.24) is 20.4 Å². The number of nitrogens with one attached hydrogen (secondary N) is 2. The van der Waals surface area contributed by atoms with Gasteiger partial charge in [0.1, 0.15) is 0 Å². The molecular weight excluding hydrogens is 216 g/mol. The normalized spacial score (nSPS) is 18.6. The minimum Gasteiger partial charge on any atom is -0.335 e. The van der Waals surface area contributed by atoms with E-state index in [-0.39, 0.29) is 12.1 Å². The fraction of sp³-hybridized carbons (Fsp3) is 0.667. The molecule has 0 saturated heterocycles. The maximum atomic E-state index is 11.9. The Kier molecular flexibility index (Phi) is 3.66. The summed E-state index contributed by atoms with van der Waals surface area (Å²) in [5, 5.41) is 10.1. The number of fused-ring (bicyclic) bond motifs is 1. The van der Waals surface area contributed by atoms with Gasteiger partial charge in [-0.2, -0.15) is 5.10 Å². The van der Waals surface area contributed by atoms with Crippen LogP contribution in [0.5, 0.6) is 0 Å². The Morgan fingerprint density at radius 1 is 1.59 bits per heavy atom. The van der Waals surface area contributed by atoms with E-state index < -0.39 is 0 Å². The molecule has 94 valence electrons. The lowest BCUT2D eigenvalue weighted by atomic mass is 9.94. The van der Waals surface area contributed by atoms with Crippen molar-refractivity contribution in [2.45, 2.75) is 39.2 Å². The summed E-state index contributed by atoms with van der Waals surface area (Å²) in [6.45, 7) is 5.50. The average Bonchev–Trinajstić information content (AvgIpc) is 2.77. The van der Waals surface area contributed by atoms with Crippen LogP contribution >= 0.6 is 0 Å². The van der Waals surface area contributed by atoms with Crippen LogP contribution in [-0.4, -0.2) is 40.3 Å². The zero-order valence-corrected chi connectivity index (χ0v) is 10.5. The first-order valence-electron chi connectivity index (χ1n) is 6.31. The summed E-state index contributed by atoms with van der Waals surface area (Å²) in [6.07, 6.45) is 4.74. The monoisotopic (exact) mass is 236 g/mol. The van der Waals surface area contributed by atoms with E-state index in [1.807, 2.05) is 24.9 Å². The van der Waals surface area contributed by atoms with Gasteiger partial charge in [-0.05, 0) is 32.3 Å². The molecule has 2 N–H and O–H groups in total. The maximum absolute atomic E-state index is 11.9. The minimum absolute atomic E-state index is 0.0444. The van der Waals surface area contributed by atoms with Crippen LogP contribution < -0.4 is 5.32 Å². The van der Waals surface area contributed by atoms with E-state index in [4.69, 9.17) is 0 Å². The molecule has 0 aliphatic heterocycles. The molecule has 0 fully saturated rings. The first-order chi connectivity index (χ1) is 8.24. The molecule has 1 aliphatic rings. The van der Waals surface area contributed by atoms with Crippen LogP contribution in [0.2, 0.25) is 0 Å². The van der Waals surface area contributed by atoms with Crippen molar-refractivity contribution < 1.29 is 4.79 Å². The van der Waals surface area contributed by atoms with E-state index >= 15 is 0 Å². The third-order valence-electron chi connectivity index (χ3n) is 3.40. The van der Waals surface area contributed by atoms with E-state index in [2.05, 4.69) is 15.5 Å². The van der Waals surface area contributed by atoms with Crippen molar-refractivity contribution in [1.29, 1.82) is 0 Å². The first kappa shape index (κ1) is 12.0. The zero-order chi connectivity index (χ0) is 12.3. The largest absolute Gasteiger partial charge is 0.335 e. The van der Waals surface area contributed by atoms with E-state index in [1.54, 1.807) is 0 Å². The number of H-pyrrole nitrogens is 1. The number of carbonyl (C=O) groups is 1. The van der Waals surface area contributed by atoms with E-state index in [0.717, 1.165) is 32.4 Å². The quantitative estimate of drug-likeness (QED) is 0.831. The molecule has 1 heterocycles. The molecule has 1 atom stereocenters. The van der Waals surface area contributed by atoms with Gasteiger partial charge in [-0.3, -0.25) is 5.10 Å². The fourth-order valence-electron chi connectivity index (χ4n) is 2.31. The van der Waals surface area contributed by atoms with Crippen molar-refractivity contribution in [3.05, 3.63) is 17.5 Å². The molecule has 0 aromatic carbocycles. The van der Waals surface area contributed by atoms with Crippen molar-refractivity contribution in [2.24, 2.45) is 0 Å². The van der Waals surface area contributed by atoms with Crippen LogP contribution in [0.1, 0.15) is 31.5 Å². The van der Waals surface area contributed by atoms with Gasteiger partial charge in [0.15, 0.2) is 0 Å². The van der Waals surface area contributed by atoms with E-state index in [1.165, 1.54) is 11.3 Å². The minimum atomic E-state index is 0.0444. The average molecular weight is 236 g/mol. The lowest BCUT2D eigenvalue weighted by Gasteiger charge is -2.26. The van der Waals surface area contributed by atoms with Crippen LogP contribution in [0.3, 0.4) is 0 Å². The van der Waals surface area contributed by atoms with Gasteiger partial charge in [0.25, 0.3) is 0 Å². The van der Waals surface area contributed by atoms with Crippen LogP contribution in [0.4, 0.5) is 4.79 Å². The van der Waals surface area contributed by atoms with Gasteiger partial charge in [0.2, 0.25) is 0 Å². The summed E-state index contributed by atoms with van der Waals surface area (Å²) in [4.78, 5) is 13.7. The Labute approximate surface area is 102 Å². The Morgan fingerprint density at radius 2 is 2.35 bits per heavy atom. The number of hydrogen-bond donors (Lipinski definition) is 2. The Bertz CT molecular complexity index is 384. The standard InChI is InChI=1S/C12H20N4O/c1-3-16(4-2)12(17)14-10-6-5-9-8-13-15-11(9)7-10/h8,10H,3-7H2,1-2H3,(H,13,15)(H,14,17). The highest BCUT2D eigenvalue weighted by Gasteiger charge is 2.22. The molecule has 0 spiro atoms. The highest BCUT2D eigenvalue weighted by Crippen LogP contribution is 2.18. The van der Waals surface area contributed by atoms with Gasteiger partial charge >= 0.3 is 6.03 Å². The smallest absolute Gasteiger partial charge is 0.317 e. The second-order valence-electron chi connectivity index (χ2n) is 4.44. The number of aromatic nitrogens is 2. The fourth-order valence-corrected chi connectivity index (χ4v) is 2.31. The van der Waals surface area contributed by atoms with Crippen molar-refractivity contribution in [2.75, 3.05) is 13.1 Å². The third kappa shape index (κ3) is 2.60. The molecule has 2 amide bonds. The van der Waals surface area contributed by atoms with Crippen LogP contribution in [0.25, 0.3) is 0 Å². The predicted octanol–water partition coefficient (Wildman–Crippen LogP) is 1.32. The maximum Gasteiger partial charge on any atom is 0.317 e. The van der Waals surface area contributed by atoms with Gasteiger partial charge in [-0.1, -0.05) is 0 Å². The lowest BCUT2D eigenvalue weighted by Crippen LogP contribution is -2.46. The number of nitrogens with zero attached hydrogens (tertiary/aromatic N) is 2. The molecule has 5 heteroatoms. The summed E-state index contributed by atoms with van der Waals surface area (Å²) in [6, 6.07) is 0.277. The van der Waals surface area contributed by atoms with Crippen molar-refractivity contribution in [3.63, 3.8) is 0 Å². The SMILES string of the molecule is CCN(CC)C(=O)NC1CCc2cn[nH]c2C1. The Balaban J connectivity index is 1.91. The molecule has 1 aliphatic carbocycles. The molecule has 0 saturated carbocycles. The first-order valence-corrected chi connectivity index (χ1v) is 6.31. The van der Waals surface area contributed by atoms with Crippen LogP contribution in [-0.2, 0) is 12.8 Å². The summed E-state index contributed by atoms with van der Waals surface area (Å²) < 4.78 is 0. The van der Waals surface area contributed by atoms with Crippen LogP contribution in [0, 0.1) is 0 Å². The summed E-state index contributed by atoms with van der Waals surface area (Å²) in [7, 11) is 0. The molecule has 0 bridgehead atoms. The summed E-state index contributed by atoms with van der Waals surface area (Å²) >= 11 is 0. The van der Waals surface area contributed by atoms with E-state index in [9.17, 15) is 4.79 Å². The Hall–Kier alpha value is -1.52. The topological polar surface area (TPSA) is 61.0 Å². The molecule has 1 aromatic heterocycles. The molecule has 17 heavy (non-hydrogen) atoms. The molecule has 1 unspecified atom stereocenters. The van der Waals surface area contributed by atoms with Crippen molar-refractivity contribution in [3.8, 4) is 0 Å². The number of aromatic amines is 1. The zero-order valence-electron chi connectivity index (χ0n) is 10.5. The third-order valence-corrected chi connectivity index (χ3v) is 3.40. The van der Waals surface area contributed by atoms with Gasteiger partial charge < -0.3 is 10.2 Å². The predicted molar refractivity (Wildman–Crippen MR) is 65.9 cm³/mol. The number of rotatable bonds is 3. The summed E-state index contributed by atoms with van der Waals surface area (Å²) in [5.74, 6) is 0. The molecule has 0 radical (unpaired) electrons. The van der Waals surface area contributed by atoms with Gasteiger partial charge in [0.05, 0.1) is 6.20 Å². The number of amides is 2. The summed E-state index contributed by atoms with van der Waals surface area (Å²) in [5.41, 5.74) is 2.46. The van der Waals surface area contributed by atoms with Crippen molar-refractivity contribution >= 4 is 6.03 Å². The van der Waals surface area contributed by atoms with Crippen LogP contribution in [0.15, 0.2) is 6.20 Å². The molecule has 1 aromatic rings. The number of aryl methyl sites for hydroxylation is 1. The second-order valence-corrected chi connectivity index (χ2v) is 4.44. The second kappa shape index (κ2) is 5.21. The lowest BCUT2D eigenvalue weighted by molar-refractivity contribution is 0.197. The molecular formula is C12H20N4O. The van der Waals surface area contributed by atoms with E-state index in [0.29, 0.717) is 0 Å². The van der Waals surface area contributed by atoms with Gasteiger partial charge in [-0.15, -0.1) is 0 Å². The van der Waals surface area contributed by atoms with Gasteiger partial charge in [-0.25, -0.2) is 4.79 Å².